The molecule has 0 atom stereocenters. The van der Waals surface area contributed by atoms with Crippen LogP contribution in [0.4, 0.5) is 0 Å². The maximum Gasteiger partial charge on any atom is 0.0619 e. The Kier molecular flexibility index (Phi) is 5.58. The lowest BCUT2D eigenvalue weighted by Crippen LogP contribution is -1.94. The fraction of sp³-hybridized carbons (Fsp3) is 0. The van der Waals surface area contributed by atoms with Crippen LogP contribution in [-0.4, -0.2) is 4.57 Å². The highest BCUT2D eigenvalue weighted by Crippen LogP contribution is 2.49. The first-order valence-corrected chi connectivity index (χ1v) is 16.6. The summed E-state index contributed by atoms with van der Waals surface area (Å²) in [7, 11) is 0. The molecule has 1 aliphatic heterocycles. The van der Waals surface area contributed by atoms with Crippen LogP contribution in [0.1, 0.15) is 0 Å². The zero-order chi connectivity index (χ0) is 30.2. The molecule has 1 aliphatic rings. The molecule has 1 nitrogen and oxygen atoms in total. The van der Waals surface area contributed by atoms with Crippen molar-refractivity contribution < 1.29 is 0 Å². The monoisotopic (exact) mass is 601 g/mol. The fourth-order valence-corrected chi connectivity index (χ4v) is 8.63. The van der Waals surface area contributed by atoms with Gasteiger partial charge < -0.3 is 4.57 Å². The molecule has 2 heteroatoms. The van der Waals surface area contributed by atoms with Crippen molar-refractivity contribution in [3.05, 3.63) is 164 Å². The van der Waals surface area contributed by atoms with Crippen LogP contribution in [0.25, 0.3) is 82.4 Å². The number of nitrogens with zero attached hydrogens (tertiary/aromatic N) is 1. The van der Waals surface area contributed by atoms with Crippen LogP contribution in [0.2, 0.25) is 0 Å². The largest absolute Gasteiger partial charge is 0.309 e. The summed E-state index contributed by atoms with van der Waals surface area (Å²) < 4.78 is 2.44. The molecular weight excluding hydrogens is 575 g/mol. The molecule has 1 aromatic heterocycles. The van der Waals surface area contributed by atoms with Gasteiger partial charge >= 0.3 is 0 Å². The number of benzene rings is 8. The molecule has 0 saturated carbocycles. The van der Waals surface area contributed by atoms with E-state index < -0.39 is 0 Å². The van der Waals surface area contributed by atoms with Crippen molar-refractivity contribution >= 4 is 55.1 Å². The Morgan fingerprint density at radius 3 is 2.00 bits per heavy atom. The van der Waals surface area contributed by atoms with E-state index in [1.807, 2.05) is 11.8 Å². The average Bonchev–Trinajstić information content (AvgIpc) is 3.47. The number of aromatic nitrogens is 1. The lowest BCUT2D eigenvalue weighted by molar-refractivity contribution is 1.19. The molecular formula is C44H27NS. The molecule has 0 amide bonds. The van der Waals surface area contributed by atoms with Crippen molar-refractivity contribution in [2.45, 2.75) is 9.79 Å². The van der Waals surface area contributed by atoms with Crippen LogP contribution < -0.4 is 0 Å². The molecule has 10 rings (SSSR count). The summed E-state index contributed by atoms with van der Waals surface area (Å²) in [6, 6.07) is 60.2. The first-order chi connectivity index (χ1) is 22.8. The van der Waals surface area contributed by atoms with Crippen molar-refractivity contribution in [2.24, 2.45) is 0 Å². The van der Waals surface area contributed by atoms with Gasteiger partial charge in [0.15, 0.2) is 0 Å². The Balaban J connectivity index is 1.13. The Morgan fingerprint density at radius 2 is 1.11 bits per heavy atom. The molecule has 0 saturated heterocycles. The molecule has 0 aliphatic carbocycles. The number of hydrogen-bond acceptors (Lipinski definition) is 1. The van der Waals surface area contributed by atoms with E-state index in [4.69, 9.17) is 0 Å². The molecule has 0 unspecified atom stereocenters. The van der Waals surface area contributed by atoms with Gasteiger partial charge in [0.25, 0.3) is 0 Å². The predicted octanol–water partition coefficient (Wildman–Crippen LogP) is 12.6. The van der Waals surface area contributed by atoms with Crippen molar-refractivity contribution in [1.82, 2.24) is 4.57 Å². The zero-order valence-corrected chi connectivity index (χ0v) is 25.8. The third-order valence-corrected chi connectivity index (χ3v) is 10.7. The van der Waals surface area contributed by atoms with Gasteiger partial charge in [-0.05, 0) is 80.6 Å². The van der Waals surface area contributed by atoms with E-state index in [0.717, 1.165) is 0 Å². The van der Waals surface area contributed by atoms with Crippen LogP contribution >= 0.6 is 11.8 Å². The minimum Gasteiger partial charge on any atom is -0.309 e. The van der Waals surface area contributed by atoms with E-state index in [1.54, 1.807) is 0 Å². The standard InChI is InChI=1S/C44H27NS/c1-2-12-33(13-3-1)45-39-17-8-15-34(43(39)37-25-23-29-9-4-5-14-35(29)44(37)45)30-21-19-28(20-22-30)32-24-26-40-38(27-32)36-16-6-10-31-11-7-18-41(46-40)42(31)36/h1-27H. The van der Waals surface area contributed by atoms with Gasteiger partial charge in [-0.1, -0.05) is 139 Å². The van der Waals surface area contributed by atoms with E-state index in [9.17, 15) is 0 Å². The van der Waals surface area contributed by atoms with E-state index >= 15 is 0 Å². The number of hydrogen-bond donors (Lipinski definition) is 0. The first kappa shape index (κ1) is 25.7. The van der Waals surface area contributed by atoms with E-state index in [1.165, 1.54) is 92.2 Å². The summed E-state index contributed by atoms with van der Waals surface area (Å²) in [5.41, 5.74) is 11.3. The normalized spacial score (nSPS) is 12.3. The smallest absolute Gasteiger partial charge is 0.0619 e. The van der Waals surface area contributed by atoms with Crippen molar-refractivity contribution in [3.63, 3.8) is 0 Å². The molecule has 214 valence electrons. The topological polar surface area (TPSA) is 4.93 Å². The van der Waals surface area contributed by atoms with Gasteiger partial charge in [-0.15, -0.1) is 0 Å². The SMILES string of the molecule is c1ccc(-n2c3cccc(-c4ccc(-c5ccc6c(c5)-c5cccc7cccc(c57)S6)cc4)c3c3ccc4ccccc4c32)cc1. The van der Waals surface area contributed by atoms with Crippen LogP contribution in [0.3, 0.4) is 0 Å². The van der Waals surface area contributed by atoms with Crippen molar-refractivity contribution in [2.75, 3.05) is 0 Å². The second kappa shape index (κ2) is 9.97. The lowest BCUT2D eigenvalue weighted by Gasteiger charge is -2.21. The number of fused-ring (bicyclic) bond motifs is 7. The quantitative estimate of drug-likeness (QED) is 0.195. The Morgan fingerprint density at radius 1 is 0.391 bits per heavy atom. The Hall–Kier alpha value is -5.57. The molecule has 0 spiro atoms. The molecule has 46 heavy (non-hydrogen) atoms. The summed E-state index contributed by atoms with van der Waals surface area (Å²) in [6.45, 7) is 0. The van der Waals surface area contributed by atoms with Gasteiger partial charge in [-0.3, -0.25) is 0 Å². The highest BCUT2D eigenvalue weighted by molar-refractivity contribution is 7.99. The molecule has 0 N–H and O–H groups in total. The van der Waals surface area contributed by atoms with Crippen molar-refractivity contribution in [1.29, 1.82) is 0 Å². The third-order valence-electron chi connectivity index (χ3n) is 9.58. The summed E-state index contributed by atoms with van der Waals surface area (Å²) >= 11 is 1.88. The fourth-order valence-electron chi connectivity index (χ4n) is 7.50. The number of para-hydroxylation sites is 1. The van der Waals surface area contributed by atoms with Gasteiger partial charge in [0.1, 0.15) is 0 Å². The molecule has 0 fully saturated rings. The zero-order valence-electron chi connectivity index (χ0n) is 24.9. The van der Waals surface area contributed by atoms with E-state index in [-0.39, 0.29) is 0 Å². The highest BCUT2D eigenvalue weighted by atomic mass is 32.2. The van der Waals surface area contributed by atoms with Crippen LogP contribution in [0.5, 0.6) is 0 Å². The molecule has 9 aromatic rings. The Labute approximate surface area is 271 Å². The maximum absolute atomic E-state index is 2.44. The molecule has 2 heterocycles. The summed E-state index contributed by atoms with van der Waals surface area (Å²) in [5, 5.41) is 7.76. The van der Waals surface area contributed by atoms with Gasteiger partial charge in [0.05, 0.1) is 11.0 Å². The van der Waals surface area contributed by atoms with Crippen LogP contribution in [0.15, 0.2) is 174 Å². The van der Waals surface area contributed by atoms with Gasteiger partial charge in [0.2, 0.25) is 0 Å². The van der Waals surface area contributed by atoms with E-state index in [2.05, 4.69) is 168 Å². The van der Waals surface area contributed by atoms with Gasteiger partial charge in [-0.2, -0.15) is 0 Å². The second-order valence-electron chi connectivity index (χ2n) is 12.1. The number of rotatable bonds is 3. The Bertz CT molecular complexity index is 2640. The third kappa shape index (κ3) is 3.77. The summed E-state index contributed by atoms with van der Waals surface area (Å²) in [5.74, 6) is 0. The lowest BCUT2D eigenvalue weighted by atomic mass is 9.93. The maximum atomic E-state index is 2.44. The van der Waals surface area contributed by atoms with Crippen LogP contribution in [-0.2, 0) is 0 Å². The predicted molar refractivity (Wildman–Crippen MR) is 196 cm³/mol. The van der Waals surface area contributed by atoms with E-state index in [0.29, 0.717) is 0 Å². The molecule has 0 bridgehead atoms. The molecule has 8 aromatic carbocycles. The van der Waals surface area contributed by atoms with Crippen molar-refractivity contribution in [3.8, 4) is 39.1 Å². The second-order valence-corrected chi connectivity index (χ2v) is 13.2. The summed E-state index contributed by atoms with van der Waals surface area (Å²) in [4.78, 5) is 2.66. The minimum absolute atomic E-state index is 1.18. The van der Waals surface area contributed by atoms with Gasteiger partial charge in [0, 0.05) is 37.0 Å². The summed E-state index contributed by atoms with van der Waals surface area (Å²) in [6.07, 6.45) is 0. The van der Waals surface area contributed by atoms with Crippen LogP contribution in [0, 0.1) is 0 Å². The average molecular weight is 602 g/mol. The van der Waals surface area contributed by atoms with Gasteiger partial charge in [-0.25, -0.2) is 0 Å². The minimum atomic E-state index is 1.18. The highest BCUT2D eigenvalue weighted by Gasteiger charge is 2.20. The first-order valence-electron chi connectivity index (χ1n) is 15.8. The molecule has 0 radical (unpaired) electrons.